The van der Waals surface area contributed by atoms with Gasteiger partial charge >= 0.3 is 0 Å². The second-order valence-corrected chi connectivity index (χ2v) is 14.3. The van der Waals surface area contributed by atoms with Gasteiger partial charge in [0.15, 0.2) is 0 Å². The lowest BCUT2D eigenvalue weighted by Crippen LogP contribution is -1.94. The number of hydrogen-bond acceptors (Lipinski definition) is 1. The van der Waals surface area contributed by atoms with E-state index in [1.807, 2.05) is 11.3 Å². The van der Waals surface area contributed by atoms with Crippen molar-refractivity contribution in [1.82, 2.24) is 4.57 Å². The standard InChI is InChI=1S/C48H29NS/c1-2-13-30(14-3-1)32-15-12-16-33(29-32)31-25-27-34(28-26-31)49-41-23-10-8-21-39(41)45-43-37-19-6-4-17-35(37)36-18-5-7-20-38(36)44(43)46-40-22-9-11-24-42(40)50-48(46)47(45)49/h1-29H. The fourth-order valence-electron chi connectivity index (χ4n) is 8.41. The fraction of sp³-hybridized carbons (Fsp3) is 0. The molecule has 11 rings (SSSR count). The predicted octanol–water partition coefficient (Wildman–Crippen LogP) is 13.9. The minimum absolute atomic E-state index is 1.17. The van der Waals surface area contributed by atoms with Gasteiger partial charge in [0.25, 0.3) is 0 Å². The van der Waals surface area contributed by atoms with Crippen LogP contribution in [0, 0.1) is 0 Å². The van der Waals surface area contributed by atoms with Gasteiger partial charge < -0.3 is 4.57 Å². The van der Waals surface area contributed by atoms with Gasteiger partial charge in [0, 0.05) is 42.7 Å². The van der Waals surface area contributed by atoms with Crippen LogP contribution in [0.3, 0.4) is 0 Å². The molecule has 0 aliphatic heterocycles. The van der Waals surface area contributed by atoms with Gasteiger partial charge in [0.05, 0.1) is 15.7 Å². The second-order valence-electron chi connectivity index (χ2n) is 13.2. The van der Waals surface area contributed by atoms with Crippen molar-refractivity contribution in [2.75, 3.05) is 0 Å². The zero-order valence-electron chi connectivity index (χ0n) is 27.1. The molecule has 0 saturated heterocycles. The minimum atomic E-state index is 1.17. The Balaban J connectivity index is 1.27. The molecule has 0 amide bonds. The first-order chi connectivity index (χ1) is 24.8. The minimum Gasteiger partial charge on any atom is -0.308 e. The molecule has 0 spiro atoms. The third-order valence-corrected chi connectivity index (χ3v) is 11.7. The molecule has 9 aromatic carbocycles. The molecule has 0 unspecified atom stereocenters. The highest BCUT2D eigenvalue weighted by molar-refractivity contribution is 7.27. The van der Waals surface area contributed by atoms with Crippen LogP contribution in [0.5, 0.6) is 0 Å². The van der Waals surface area contributed by atoms with Crippen molar-refractivity contribution in [3.63, 3.8) is 0 Å². The first-order valence-corrected chi connectivity index (χ1v) is 18.0. The van der Waals surface area contributed by atoms with E-state index in [4.69, 9.17) is 0 Å². The summed E-state index contributed by atoms with van der Waals surface area (Å²) in [6.07, 6.45) is 0. The first-order valence-electron chi connectivity index (χ1n) is 17.2. The van der Waals surface area contributed by atoms with Crippen LogP contribution < -0.4 is 0 Å². The molecule has 2 aromatic heterocycles. The number of thiophene rings is 1. The summed E-state index contributed by atoms with van der Waals surface area (Å²) in [5, 5.41) is 13.2. The summed E-state index contributed by atoms with van der Waals surface area (Å²) >= 11 is 1.92. The molecule has 0 aliphatic rings. The highest BCUT2D eigenvalue weighted by atomic mass is 32.1. The molecule has 50 heavy (non-hydrogen) atoms. The average molecular weight is 652 g/mol. The Bertz CT molecular complexity index is 3130. The van der Waals surface area contributed by atoms with Crippen LogP contribution in [0.1, 0.15) is 0 Å². The van der Waals surface area contributed by atoms with Crippen LogP contribution in [0.25, 0.3) is 102 Å². The summed E-state index contributed by atoms with van der Waals surface area (Å²) in [5.41, 5.74) is 8.57. The van der Waals surface area contributed by atoms with Crippen molar-refractivity contribution >= 4 is 85.6 Å². The molecule has 1 nitrogen and oxygen atoms in total. The number of aromatic nitrogens is 1. The molecule has 0 aliphatic carbocycles. The number of nitrogens with zero attached hydrogens (tertiary/aromatic N) is 1. The van der Waals surface area contributed by atoms with Gasteiger partial charge in [-0.25, -0.2) is 0 Å². The average Bonchev–Trinajstić information content (AvgIpc) is 3.75. The lowest BCUT2D eigenvalue weighted by molar-refractivity contribution is 1.19. The molecule has 0 N–H and O–H groups in total. The summed E-state index contributed by atoms with van der Waals surface area (Å²) in [6, 6.07) is 64.6. The molecular weight excluding hydrogens is 623 g/mol. The van der Waals surface area contributed by atoms with Crippen molar-refractivity contribution < 1.29 is 0 Å². The lowest BCUT2D eigenvalue weighted by atomic mass is 9.89. The summed E-state index contributed by atoms with van der Waals surface area (Å²) in [5.74, 6) is 0. The summed E-state index contributed by atoms with van der Waals surface area (Å²) in [6.45, 7) is 0. The molecule has 0 saturated carbocycles. The smallest absolute Gasteiger partial charge is 0.0726 e. The SMILES string of the molecule is c1ccc(-c2cccc(-c3ccc(-n4c5ccccc5c5c6c7ccccc7c7ccccc7c6c6c7ccccc7sc6c54)cc3)c2)cc1. The van der Waals surface area contributed by atoms with Gasteiger partial charge in [-0.05, 0) is 74.1 Å². The normalized spacial score (nSPS) is 12.0. The van der Waals surface area contributed by atoms with E-state index in [1.165, 1.54) is 102 Å². The third kappa shape index (κ3) is 3.88. The van der Waals surface area contributed by atoms with E-state index < -0.39 is 0 Å². The second kappa shape index (κ2) is 10.6. The first kappa shape index (κ1) is 27.7. The molecule has 0 atom stereocenters. The molecule has 0 fully saturated rings. The van der Waals surface area contributed by atoms with Gasteiger partial charge in [0.2, 0.25) is 0 Å². The van der Waals surface area contributed by atoms with E-state index in [2.05, 4.69) is 180 Å². The largest absolute Gasteiger partial charge is 0.308 e. The van der Waals surface area contributed by atoms with Crippen molar-refractivity contribution in [2.24, 2.45) is 0 Å². The maximum absolute atomic E-state index is 2.52. The van der Waals surface area contributed by atoms with Crippen LogP contribution >= 0.6 is 11.3 Å². The van der Waals surface area contributed by atoms with E-state index in [1.54, 1.807) is 0 Å². The zero-order chi connectivity index (χ0) is 32.8. The predicted molar refractivity (Wildman–Crippen MR) is 217 cm³/mol. The van der Waals surface area contributed by atoms with Gasteiger partial charge in [0.1, 0.15) is 0 Å². The lowest BCUT2D eigenvalue weighted by Gasteiger charge is -2.15. The van der Waals surface area contributed by atoms with E-state index in [9.17, 15) is 0 Å². The van der Waals surface area contributed by atoms with Crippen LogP contribution in [-0.2, 0) is 0 Å². The van der Waals surface area contributed by atoms with Crippen molar-refractivity contribution in [1.29, 1.82) is 0 Å². The number of para-hydroxylation sites is 1. The molecular formula is C48H29NS. The van der Waals surface area contributed by atoms with Crippen molar-refractivity contribution in [3.05, 3.63) is 176 Å². The molecule has 0 bridgehead atoms. The quantitative estimate of drug-likeness (QED) is 0.168. The maximum Gasteiger partial charge on any atom is 0.0726 e. The Labute approximate surface area is 292 Å². The molecule has 232 valence electrons. The van der Waals surface area contributed by atoms with Crippen LogP contribution in [-0.4, -0.2) is 4.57 Å². The zero-order valence-corrected chi connectivity index (χ0v) is 27.9. The third-order valence-electron chi connectivity index (χ3n) is 10.5. The Morgan fingerprint density at radius 2 is 0.860 bits per heavy atom. The molecule has 2 heterocycles. The Morgan fingerprint density at radius 3 is 1.56 bits per heavy atom. The van der Waals surface area contributed by atoms with Gasteiger partial charge in [-0.1, -0.05) is 146 Å². The van der Waals surface area contributed by atoms with Crippen LogP contribution in [0.2, 0.25) is 0 Å². The number of rotatable bonds is 3. The summed E-state index contributed by atoms with van der Waals surface area (Å²) in [7, 11) is 0. The van der Waals surface area contributed by atoms with E-state index in [0.29, 0.717) is 0 Å². The molecule has 0 radical (unpaired) electrons. The van der Waals surface area contributed by atoms with E-state index in [-0.39, 0.29) is 0 Å². The van der Waals surface area contributed by atoms with Gasteiger partial charge in [-0.3, -0.25) is 0 Å². The Morgan fingerprint density at radius 1 is 0.340 bits per heavy atom. The summed E-state index contributed by atoms with van der Waals surface area (Å²) in [4.78, 5) is 0. The Hall–Kier alpha value is -6.22. The monoisotopic (exact) mass is 651 g/mol. The van der Waals surface area contributed by atoms with E-state index >= 15 is 0 Å². The highest BCUT2D eigenvalue weighted by Crippen LogP contribution is 2.51. The highest BCUT2D eigenvalue weighted by Gasteiger charge is 2.24. The van der Waals surface area contributed by atoms with Crippen molar-refractivity contribution in [2.45, 2.75) is 0 Å². The molecule has 11 aromatic rings. The van der Waals surface area contributed by atoms with Crippen LogP contribution in [0.4, 0.5) is 0 Å². The number of fused-ring (bicyclic) bond motifs is 15. The number of hydrogen-bond donors (Lipinski definition) is 0. The van der Waals surface area contributed by atoms with Gasteiger partial charge in [-0.15, -0.1) is 11.3 Å². The fourth-order valence-corrected chi connectivity index (χ4v) is 9.66. The van der Waals surface area contributed by atoms with Crippen LogP contribution in [0.15, 0.2) is 176 Å². The van der Waals surface area contributed by atoms with Crippen molar-refractivity contribution in [3.8, 4) is 27.9 Å². The van der Waals surface area contributed by atoms with Gasteiger partial charge in [-0.2, -0.15) is 0 Å². The topological polar surface area (TPSA) is 4.93 Å². The van der Waals surface area contributed by atoms with E-state index in [0.717, 1.165) is 0 Å². The summed E-state index contributed by atoms with van der Waals surface area (Å²) < 4.78 is 5.18. The maximum atomic E-state index is 2.52. The molecule has 2 heteroatoms. The number of benzene rings is 9. The Kier molecular flexibility index (Phi) is 5.89.